The van der Waals surface area contributed by atoms with E-state index in [4.69, 9.17) is 4.42 Å². The number of hydrogen-bond donors (Lipinski definition) is 1. The van der Waals surface area contributed by atoms with Crippen LogP contribution in [0.3, 0.4) is 0 Å². The molecule has 10 heteroatoms. The van der Waals surface area contributed by atoms with E-state index in [2.05, 4.69) is 15.5 Å². The molecule has 0 amide bonds. The van der Waals surface area contributed by atoms with E-state index in [0.717, 1.165) is 17.5 Å². The lowest BCUT2D eigenvalue weighted by molar-refractivity contribution is -0.387. The summed E-state index contributed by atoms with van der Waals surface area (Å²) < 4.78 is 5.79. The first-order valence-electron chi connectivity index (χ1n) is 8.76. The molecule has 0 unspecified atom stereocenters. The van der Waals surface area contributed by atoms with E-state index in [0.29, 0.717) is 26.5 Å². The van der Waals surface area contributed by atoms with Gasteiger partial charge < -0.3 is 9.73 Å². The monoisotopic (exact) mass is 438 g/mol. The SMILES string of the molecule is O=C(c1ccccc1)c1ccc(Sc2nnc(NCc3ccco3)s2)c([N+](=O)[O-])c1. The molecule has 30 heavy (non-hydrogen) atoms. The van der Waals surface area contributed by atoms with Crippen LogP contribution < -0.4 is 5.32 Å². The van der Waals surface area contributed by atoms with Crippen LogP contribution in [0.15, 0.2) is 80.6 Å². The molecule has 2 aromatic carbocycles. The van der Waals surface area contributed by atoms with Crippen molar-refractivity contribution in [2.75, 3.05) is 5.32 Å². The average Bonchev–Trinajstić information content (AvgIpc) is 3.44. The van der Waals surface area contributed by atoms with Gasteiger partial charge in [-0.05, 0) is 36.0 Å². The van der Waals surface area contributed by atoms with Crippen LogP contribution in [0.5, 0.6) is 0 Å². The maximum atomic E-state index is 12.6. The van der Waals surface area contributed by atoms with E-state index >= 15 is 0 Å². The maximum absolute atomic E-state index is 12.6. The summed E-state index contributed by atoms with van der Waals surface area (Å²) in [5, 5.41) is 23.4. The third-order valence-electron chi connectivity index (χ3n) is 4.05. The molecule has 2 heterocycles. The fraction of sp³-hybridized carbons (Fsp3) is 0.0500. The fourth-order valence-corrected chi connectivity index (χ4v) is 4.43. The Balaban J connectivity index is 1.51. The van der Waals surface area contributed by atoms with Gasteiger partial charge in [0.1, 0.15) is 5.76 Å². The maximum Gasteiger partial charge on any atom is 0.284 e. The van der Waals surface area contributed by atoms with E-state index in [-0.39, 0.29) is 17.0 Å². The van der Waals surface area contributed by atoms with Crippen molar-refractivity contribution in [1.82, 2.24) is 10.2 Å². The highest BCUT2D eigenvalue weighted by Gasteiger charge is 2.20. The summed E-state index contributed by atoms with van der Waals surface area (Å²) in [6.07, 6.45) is 1.59. The predicted octanol–water partition coefficient (Wildman–Crippen LogP) is 5.03. The number of nitro groups is 1. The van der Waals surface area contributed by atoms with Gasteiger partial charge in [-0.1, -0.05) is 41.7 Å². The summed E-state index contributed by atoms with van der Waals surface area (Å²) in [7, 11) is 0. The Morgan fingerprint density at radius 3 is 2.67 bits per heavy atom. The van der Waals surface area contributed by atoms with Crippen LogP contribution in [-0.4, -0.2) is 20.9 Å². The van der Waals surface area contributed by atoms with Gasteiger partial charge >= 0.3 is 0 Å². The standard InChI is InChI=1S/C20H14N4O4S2/c25-18(13-5-2-1-3-6-13)14-8-9-17(16(11-14)24(26)27)29-20-23-22-19(30-20)21-12-15-7-4-10-28-15/h1-11H,12H2,(H,21,22). The topological polar surface area (TPSA) is 111 Å². The number of benzene rings is 2. The normalized spacial score (nSPS) is 10.7. The fourth-order valence-electron chi connectivity index (χ4n) is 2.64. The molecule has 0 aliphatic carbocycles. The number of furan rings is 1. The van der Waals surface area contributed by atoms with Crippen LogP contribution in [0.4, 0.5) is 10.8 Å². The first kappa shape index (κ1) is 19.8. The Morgan fingerprint density at radius 2 is 1.93 bits per heavy atom. The number of anilines is 1. The summed E-state index contributed by atoms with van der Waals surface area (Å²) >= 11 is 2.41. The van der Waals surface area contributed by atoms with Crippen LogP contribution >= 0.6 is 23.1 Å². The summed E-state index contributed by atoms with van der Waals surface area (Å²) in [6, 6.07) is 16.7. The molecule has 0 aliphatic rings. The third kappa shape index (κ3) is 4.56. The molecule has 0 radical (unpaired) electrons. The number of carbonyl (C=O) groups excluding carboxylic acids is 1. The highest BCUT2D eigenvalue weighted by molar-refractivity contribution is 8.01. The zero-order chi connectivity index (χ0) is 20.9. The lowest BCUT2D eigenvalue weighted by Crippen LogP contribution is -2.02. The number of nitro benzene ring substituents is 1. The van der Waals surface area contributed by atoms with E-state index in [1.54, 1.807) is 54.8 Å². The number of nitrogens with zero attached hydrogens (tertiary/aromatic N) is 3. The zero-order valence-electron chi connectivity index (χ0n) is 15.3. The van der Waals surface area contributed by atoms with E-state index in [1.807, 2.05) is 6.07 Å². The van der Waals surface area contributed by atoms with Crippen molar-refractivity contribution in [3.63, 3.8) is 0 Å². The summed E-state index contributed by atoms with van der Waals surface area (Å²) in [5.74, 6) is 0.490. The molecule has 0 spiro atoms. The Kier molecular flexibility index (Phi) is 5.87. The number of nitrogens with one attached hydrogen (secondary N) is 1. The quantitative estimate of drug-likeness (QED) is 0.231. The minimum atomic E-state index is -0.499. The van der Waals surface area contributed by atoms with Crippen LogP contribution in [0.2, 0.25) is 0 Å². The van der Waals surface area contributed by atoms with Crippen LogP contribution in [-0.2, 0) is 6.54 Å². The Bertz CT molecular complexity index is 1180. The van der Waals surface area contributed by atoms with Crippen molar-refractivity contribution < 1.29 is 14.1 Å². The van der Waals surface area contributed by atoms with Gasteiger partial charge in [0.15, 0.2) is 10.1 Å². The molecule has 0 aliphatic heterocycles. The van der Waals surface area contributed by atoms with Crippen molar-refractivity contribution in [3.05, 3.63) is 93.9 Å². The highest BCUT2D eigenvalue weighted by atomic mass is 32.2. The Morgan fingerprint density at radius 1 is 1.10 bits per heavy atom. The molecule has 0 saturated carbocycles. The molecular weight excluding hydrogens is 424 g/mol. The molecule has 0 saturated heterocycles. The molecule has 0 fully saturated rings. The van der Waals surface area contributed by atoms with Crippen molar-refractivity contribution in [3.8, 4) is 0 Å². The first-order valence-corrected chi connectivity index (χ1v) is 10.4. The number of carbonyl (C=O) groups is 1. The molecule has 4 aromatic rings. The highest BCUT2D eigenvalue weighted by Crippen LogP contribution is 2.38. The van der Waals surface area contributed by atoms with E-state index in [1.165, 1.54) is 17.4 Å². The summed E-state index contributed by atoms with van der Waals surface area (Å²) in [6.45, 7) is 0.461. The van der Waals surface area contributed by atoms with Crippen molar-refractivity contribution in [1.29, 1.82) is 0 Å². The third-order valence-corrected chi connectivity index (χ3v) is 6.05. The molecule has 1 N–H and O–H groups in total. The number of aromatic nitrogens is 2. The van der Waals surface area contributed by atoms with Crippen LogP contribution in [0.25, 0.3) is 0 Å². The van der Waals surface area contributed by atoms with Gasteiger partial charge in [-0.3, -0.25) is 14.9 Å². The van der Waals surface area contributed by atoms with Crippen molar-refractivity contribution in [2.24, 2.45) is 0 Å². The van der Waals surface area contributed by atoms with Gasteiger partial charge in [0.05, 0.1) is 22.6 Å². The lowest BCUT2D eigenvalue weighted by atomic mass is 10.0. The van der Waals surface area contributed by atoms with Crippen molar-refractivity contribution >= 4 is 39.7 Å². The largest absolute Gasteiger partial charge is 0.467 e. The van der Waals surface area contributed by atoms with Gasteiger partial charge in [-0.25, -0.2) is 0 Å². The molecule has 4 rings (SSSR count). The molecule has 0 bridgehead atoms. The van der Waals surface area contributed by atoms with Crippen LogP contribution in [0, 0.1) is 10.1 Å². The second kappa shape index (κ2) is 8.89. The number of rotatable bonds is 8. The first-order chi connectivity index (χ1) is 14.6. The molecule has 8 nitrogen and oxygen atoms in total. The van der Waals surface area contributed by atoms with Gasteiger partial charge in [0.25, 0.3) is 5.69 Å². The number of ketones is 1. The molecule has 150 valence electrons. The minimum absolute atomic E-state index is 0.151. The van der Waals surface area contributed by atoms with Gasteiger partial charge in [0.2, 0.25) is 5.13 Å². The van der Waals surface area contributed by atoms with E-state index in [9.17, 15) is 14.9 Å². The van der Waals surface area contributed by atoms with Gasteiger partial charge in [-0.15, -0.1) is 10.2 Å². The van der Waals surface area contributed by atoms with E-state index < -0.39 is 4.92 Å². The van der Waals surface area contributed by atoms with Crippen molar-refractivity contribution in [2.45, 2.75) is 15.8 Å². The summed E-state index contributed by atoms with van der Waals surface area (Å²) in [5.41, 5.74) is 0.584. The summed E-state index contributed by atoms with van der Waals surface area (Å²) in [4.78, 5) is 24.1. The smallest absolute Gasteiger partial charge is 0.284 e. The lowest BCUT2D eigenvalue weighted by Gasteiger charge is -2.04. The minimum Gasteiger partial charge on any atom is -0.467 e. The molecular formula is C20H14N4O4S2. The van der Waals surface area contributed by atoms with Crippen LogP contribution in [0.1, 0.15) is 21.7 Å². The Labute approximate surface area is 179 Å². The van der Waals surface area contributed by atoms with Gasteiger partial charge in [0, 0.05) is 17.2 Å². The predicted molar refractivity (Wildman–Crippen MR) is 113 cm³/mol. The average molecular weight is 438 g/mol. The zero-order valence-corrected chi connectivity index (χ0v) is 17.0. The molecule has 0 atom stereocenters. The second-order valence-electron chi connectivity index (χ2n) is 6.04. The Hall–Kier alpha value is -3.50. The van der Waals surface area contributed by atoms with Gasteiger partial charge in [-0.2, -0.15) is 0 Å². The second-order valence-corrected chi connectivity index (χ2v) is 8.31. The number of hydrogen-bond acceptors (Lipinski definition) is 9. The molecule has 2 aromatic heterocycles.